The van der Waals surface area contributed by atoms with Crippen molar-refractivity contribution in [2.75, 3.05) is 13.6 Å². The number of benzene rings is 1. The van der Waals surface area contributed by atoms with Crippen LogP contribution in [0.15, 0.2) is 30.0 Å². The molecule has 2 unspecified atom stereocenters. The van der Waals surface area contributed by atoms with Crippen molar-refractivity contribution in [3.05, 3.63) is 46.7 Å². The third-order valence-electron chi connectivity index (χ3n) is 5.66. The second-order valence-electron chi connectivity index (χ2n) is 7.45. The third-order valence-corrected chi connectivity index (χ3v) is 5.66. The predicted octanol–water partition coefficient (Wildman–Crippen LogP) is 4.72. The first-order valence-electron chi connectivity index (χ1n) is 9.33. The third kappa shape index (κ3) is 4.09. The maximum absolute atomic E-state index is 13.3. The maximum Gasteiger partial charge on any atom is 0.258 e. The smallest absolute Gasteiger partial charge is 0.258 e. The molecular formula is C21H31ClN2O. The van der Waals surface area contributed by atoms with E-state index in [2.05, 4.69) is 42.8 Å². The Morgan fingerprint density at radius 1 is 1.28 bits per heavy atom. The summed E-state index contributed by atoms with van der Waals surface area (Å²) in [7, 11) is 2.22. The van der Waals surface area contributed by atoms with Crippen LogP contribution in [0, 0.1) is 13.8 Å². The van der Waals surface area contributed by atoms with Gasteiger partial charge >= 0.3 is 0 Å². The molecule has 0 spiro atoms. The number of halogens is 1. The first-order valence-corrected chi connectivity index (χ1v) is 9.33. The molecule has 2 heterocycles. The number of aryl methyl sites for hydroxylation is 2. The molecular weight excluding hydrogens is 332 g/mol. The fourth-order valence-corrected chi connectivity index (χ4v) is 4.11. The Bertz CT molecular complexity index is 655. The number of hydrogen-bond acceptors (Lipinski definition) is 2. The Labute approximate surface area is 158 Å². The lowest BCUT2D eigenvalue weighted by molar-refractivity contribution is 0.0783. The molecule has 3 rings (SSSR count). The molecule has 0 aromatic heterocycles. The van der Waals surface area contributed by atoms with Gasteiger partial charge in [0.1, 0.15) is 0 Å². The average molecular weight is 363 g/mol. The zero-order valence-corrected chi connectivity index (χ0v) is 16.7. The second-order valence-corrected chi connectivity index (χ2v) is 7.45. The van der Waals surface area contributed by atoms with E-state index in [1.54, 1.807) is 0 Å². The van der Waals surface area contributed by atoms with Gasteiger partial charge in [-0.2, -0.15) is 0 Å². The minimum Gasteiger partial charge on any atom is -0.312 e. The summed E-state index contributed by atoms with van der Waals surface area (Å²) in [5.74, 6) is 0.177. The number of carbonyl (C=O) groups is 1. The molecule has 1 aromatic carbocycles. The lowest BCUT2D eigenvalue weighted by Gasteiger charge is -2.35. The van der Waals surface area contributed by atoms with Crippen molar-refractivity contribution >= 4 is 18.3 Å². The van der Waals surface area contributed by atoms with E-state index in [1.165, 1.54) is 24.1 Å². The number of amides is 1. The number of unbranched alkanes of at least 4 members (excludes halogenated alkanes) is 1. The van der Waals surface area contributed by atoms with Crippen molar-refractivity contribution in [3.63, 3.8) is 0 Å². The minimum atomic E-state index is 0. The number of rotatable bonds is 5. The standard InChI is InChI=1S/C21H30N2O.ClH/c1-5-6-11-23(19-13-17-8-9-18(14-19)22(17)4)21(24)20-10-7-15(2)12-16(20)3;/h7,10,12-13,17-18H,5-6,8-9,11,14H2,1-4H3;1H. The van der Waals surface area contributed by atoms with Gasteiger partial charge in [-0.15, -0.1) is 12.4 Å². The van der Waals surface area contributed by atoms with Crippen molar-refractivity contribution in [3.8, 4) is 0 Å². The van der Waals surface area contributed by atoms with Gasteiger partial charge in [0, 0.05) is 36.3 Å². The van der Waals surface area contributed by atoms with Gasteiger partial charge in [0.15, 0.2) is 0 Å². The van der Waals surface area contributed by atoms with Crippen molar-refractivity contribution in [2.24, 2.45) is 0 Å². The summed E-state index contributed by atoms with van der Waals surface area (Å²) in [5, 5.41) is 0. The summed E-state index contributed by atoms with van der Waals surface area (Å²) in [6.45, 7) is 7.14. The van der Waals surface area contributed by atoms with Gasteiger partial charge in [-0.3, -0.25) is 9.69 Å². The molecule has 1 fully saturated rings. The van der Waals surface area contributed by atoms with Crippen LogP contribution in [0.5, 0.6) is 0 Å². The first kappa shape index (κ1) is 20.0. The fourth-order valence-electron chi connectivity index (χ4n) is 4.11. The number of likely N-dealkylation sites (N-methyl/N-ethyl adjacent to an activating group) is 1. The predicted molar refractivity (Wildman–Crippen MR) is 106 cm³/mol. The highest BCUT2D eigenvalue weighted by Crippen LogP contribution is 2.35. The summed E-state index contributed by atoms with van der Waals surface area (Å²) < 4.78 is 0. The Kier molecular flexibility index (Phi) is 6.70. The van der Waals surface area contributed by atoms with E-state index in [-0.39, 0.29) is 18.3 Å². The Morgan fingerprint density at radius 2 is 2.04 bits per heavy atom. The molecule has 2 aliphatic rings. The molecule has 2 aliphatic heterocycles. The van der Waals surface area contributed by atoms with E-state index in [0.29, 0.717) is 12.1 Å². The van der Waals surface area contributed by atoms with Gasteiger partial charge in [-0.05, 0) is 57.9 Å². The molecule has 4 heteroatoms. The molecule has 0 radical (unpaired) electrons. The highest BCUT2D eigenvalue weighted by Gasteiger charge is 2.36. The first-order chi connectivity index (χ1) is 11.5. The van der Waals surface area contributed by atoms with Crippen molar-refractivity contribution < 1.29 is 4.79 Å². The SMILES string of the molecule is CCCCN(C(=O)c1ccc(C)cc1C)C1=CC2CCC(C1)N2C.Cl. The molecule has 2 bridgehead atoms. The van der Waals surface area contributed by atoms with Gasteiger partial charge in [0.25, 0.3) is 5.91 Å². The highest BCUT2D eigenvalue weighted by atomic mass is 35.5. The molecule has 138 valence electrons. The maximum atomic E-state index is 13.3. The van der Waals surface area contributed by atoms with E-state index in [4.69, 9.17) is 0 Å². The number of hydrogen-bond donors (Lipinski definition) is 0. The Balaban J connectivity index is 0.00000225. The largest absolute Gasteiger partial charge is 0.312 e. The van der Waals surface area contributed by atoms with Crippen LogP contribution in [0.4, 0.5) is 0 Å². The van der Waals surface area contributed by atoms with Crippen LogP contribution in [0.25, 0.3) is 0 Å². The molecule has 1 amide bonds. The number of nitrogens with zero attached hydrogens (tertiary/aromatic N) is 2. The summed E-state index contributed by atoms with van der Waals surface area (Å²) in [6.07, 6.45) is 7.99. The van der Waals surface area contributed by atoms with Crippen molar-refractivity contribution in [2.45, 2.75) is 65.0 Å². The van der Waals surface area contributed by atoms with Crippen molar-refractivity contribution in [1.29, 1.82) is 0 Å². The molecule has 1 aromatic rings. The summed E-state index contributed by atoms with van der Waals surface area (Å²) in [5.41, 5.74) is 4.39. The topological polar surface area (TPSA) is 23.6 Å². The average Bonchev–Trinajstić information content (AvgIpc) is 2.76. The van der Waals surface area contributed by atoms with E-state index in [0.717, 1.165) is 36.9 Å². The monoisotopic (exact) mass is 362 g/mol. The normalized spacial score (nSPS) is 22.3. The zero-order valence-electron chi connectivity index (χ0n) is 15.9. The molecule has 1 saturated heterocycles. The Morgan fingerprint density at radius 3 is 2.68 bits per heavy atom. The van der Waals surface area contributed by atoms with Gasteiger partial charge in [-0.1, -0.05) is 31.0 Å². The lowest BCUT2D eigenvalue weighted by Crippen LogP contribution is -2.41. The molecule has 0 aliphatic carbocycles. The summed E-state index contributed by atoms with van der Waals surface area (Å²) >= 11 is 0. The van der Waals surface area contributed by atoms with Crippen LogP contribution in [-0.4, -0.2) is 41.4 Å². The highest BCUT2D eigenvalue weighted by molar-refractivity contribution is 5.96. The van der Waals surface area contributed by atoms with Crippen molar-refractivity contribution in [1.82, 2.24) is 9.80 Å². The van der Waals surface area contributed by atoms with Gasteiger partial charge in [0.2, 0.25) is 0 Å². The van der Waals surface area contributed by atoms with E-state index < -0.39 is 0 Å². The second kappa shape index (κ2) is 8.37. The zero-order chi connectivity index (χ0) is 17.3. The molecule has 2 atom stereocenters. The number of carbonyl (C=O) groups excluding carboxylic acids is 1. The van der Waals surface area contributed by atoms with E-state index in [9.17, 15) is 4.79 Å². The number of fused-ring (bicyclic) bond motifs is 2. The molecule has 3 nitrogen and oxygen atoms in total. The molecule has 25 heavy (non-hydrogen) atoms. The van der Waals surface area contributed by atoms with Gasteiger partial charge in [0.05, 0.1) is 0 Å². The fraction of sp³-hybridized carbons (Fsp3) is 0.571. The summed E-state index contributed by atoms with van der Waals surface area (Å²) in [4.78, 5) is 17.8. The molecule has 0 saturated carbocycles. The summed E-state index contributed by atoms with van der Waals surface area (Å²) in [6, 6.07) is 7.26. The lowest BCUT2D eigenvalue weighted by atomic mass is 10.0. The minimum absolute atomic E-state index is 0. The van der Waals surface area contributed by atoms with Crippen LogP contribution >= 0.6 is 12.4 Å². The molecule has 0 N–H and O–H groups in total. The van der Waals surface area contributed by atoms with Crippen LogP contribution in [0.1, 0.15) is 60.5 Å². The van der Waals surface area contributed by atoms with Crippen LogP contribution in [0.3, 0.4) is 0 Å². The van der Waals surface area contributed by atoms with E-state index in [1.807, 2.05) is 19.1 Å². The quantitative estimate of drug-likeness (QED) is 0.756. The van der Waals surface area contributed by atoms with Crippen LogP contribution in [-0.2, 0) is 0 Å². The van der Waals surface area contributed by atoms with Crippen LogP contribution < -0.4 is 0 Å². The van der Waals surface area contributed by atoms with E-state index >= 15 is 0 Å². The van der Waals surface area contributed by atoms with Crippen LogP contribution in [0.2, 0.25) is 0 Å². The van der Waals surface area contributed by atoms with Gasteiger partial charge in [-0.25, -0.2) is 0 Å². The van der Waals surface area contributed by atoms with Gasteiger partial charge < -0.3 is 4.90 Å². The Hall–Kier alpha value is -1.32.